The molecule has 1 amide bonds. The summed E-state index contributed by atoms with van der Waals surface area (Å²) in [5.74, 6) is 1.47. The van der Waals surface area contributed by atoms with E-state index in [0.717, 1.165) is 25.2 Å². The first-order chi connectivity index (χ1) is 9.16. The third-order valence-electron chi connectivity index (χ3n) is 4.01. The van der Waals surface area contributed by atoms with Gasteiger partial charge < -0.3 is 15.6 Å². The minimum absolute atomic E-state index is 0.125. The van der Waals surface area contributed by atoms with Crippen molar-refractivity contribution >= 4 is 5.91 Å². The maximum atomic E-state index is 11.9. The molecule has 0 saturated heterocycles. The number of nitrogens with one attached hydrogen (secondary N) is 1. The van der Waals surface area contributed by atoms with Crippen LogP contribution in [0.4, 0.5) is 0 Å². The van der Waals surface area contributed by atoms with Crippen molar-refractivity contribution in [3.05, 3.63) is 18.2 Å². The molecule has 5 heteroatoms. The van der Waals surface area contributed by atoms with E-state index >= 15 is 0 Å². The minimum Gasteiger partial charge on any atom is -0.354 e. The Morgan fingerprint density at radius 1 is 1.53 bits per heavy atom. The van der Waals surface area contributed by atoms with Crippen LogP contribution in [0.3, 0.4) is 0 Å². The molecule has 1 aliphatic rings. The number of amides is 1. The Bertz CT molecular complexity index is 415. The van der Waals surface area contributed by atoms with E-state index in [1.54, 1.807) is 6.20 Å². The van der Waals surface area contributed by atoms with Gasteiger partial charge in [0.15, 0.2) is 0 Å². The Morgan fingerprint density at radius 3 is 3.00 bits per heavy atom. The second-order valence-corrected chi connectivity index (χ2v) is 5.43. The first-order valence-electron chi connectivity index (χ1n) is 7.17. The van der Waals surface area contributed by atoms with Crippen LogP contribution in [0.1, 0.15) is 37.9 Å². The van der Waals surface area contributed by atoms with Crippen LogP contribution in [0.2, 0.25) is 0 Å². The highest BCUT2D eigenvalue weighted by molar-refractivity contribution is 5.76. The predicted molar refractivity (Wildman–Crippen MR) is 74.5 cm³/mol. The molecule has 19 heavy (non-hydrogen) atoms. The lowest BCUT2D eigenvalue weighted by Crippen LogP contribution is -2.37. The Labute approximate surface area is 114 Å². The maximum absolute atomic E-state index is 11.9. The first kappa shape index (κ1) is 14.1. The number of nitrogens with two attached hydrogens (primary N) is 1. The molecule has 3 N–H and O–H groups in total. The average molecular weight is 264 g/mol. The number of carbonyl (C=O) groups excluding carboxylic acids is 1. The van der Waals surface area contributed by atoms with Crippen LogP contribution < -0.4 is 11.1 Å². The zero-order valence-electron chi connectivity index (χ0n) is 11.6. The van der Waals surface area contributed by atoms with Gasteiger partial charge in [-0.3, -0.25) is 4.79 Å². The van der Waals surface area contributed by atoms with Crippen LogP contribution in [0, 0.1) is 12.8 Å². The fourth-order valence-electron chi connectivity index (χ4n) is 2.76. The summed E-state index contributed by atoms with van der Waals surface area (Å²) in [5, 5.41) is 2.97. The highest BCUT2D eigenvalue weighted by Gasteiger charge is 2.23. The van der Waals surface area contributed by atoms with E-state index in [-0.39, 0.29) is 11.9 Å². The van der Waals surface area contributed by atoms with Crippen molar-refractivity contribution in [2.75, 3.05) is 6.54 Å². The largest absolute Gasteiger partial charge is 0.354 e. The summed E-state index contributed by atoms with van der Waals surface area (Å²) in [5.41, 5.74) is 6.06. The number of nitrogens with zero attached hydrogens (tertiary/aromatic N) is 2. The van der Waals surface area contributed by atoms with Crippen LogP contribution in [0.25, 0.3) is 0 Å². The van der Waals surface area contributed by atoms with Crippen LogP contribution in [0.5, 0.6) is 0 Å². The van der Waals surface area contributed by atoms with Gasteiger partial charge >= 0.3 is 0 Å². The zero-order valence-corrected chi connectivity index (χ0v) is 11.6. The van der Waals surface area contributed by atoms with Crippen molar-refractivity contribution in [2.45, 2.75) is 51.6 Å². The lowest BCUT2D eigenvalue weighted by atomic mass is 9.83. The normalized spacial score (nSPS) is 23.3. The van der Waals surface area contributed by atoms with Gasteiger partial charge in [0.2, 0.25) is 5.91 Å². The molecular weight excluding hydrogens is 240 g/mol. The smallest absolute Gasteiger partial charge is 0.220 e. The van der Waals surface area contributed by atoms with Crippen molar-refractivity contribution < 1.29 is 4.79 Å². The van der Waals surface area contributed by atoms with E-state index in [1.165, 1.54) is 12.8 Å². The molecule has 1 saturated carbocycles. The van der Waals surface area contributed by atoms with Crippen molar-refractivity contribution in [3.8, 4) is 0 Å². The summed E-state index contributed by atoms with van der Waals surface area (Å²) >= 11 is 0. The molecule has 1 aromatic rings. The predicted octanol–water partition coefficient (Wildman–Crippen LogP) is 1.22. The summed E-state index contributed by atoms with van der Waals surface area (Å²) < 4.78 is 2.03. The second kappa shape index (κ2) is 6.70. The molecule has 2 unspecified atom stereocenters. The number of hydrogen-bond donors (Lipinski definition) is 2. The van der Waals surface area contributed by atoms with Gasteiger partial charge in [-0.2, -0.15) is 0 Å². The highest BCUT2D eigenvalue weighted by atomic mass is 16.1. The lowest BCUT2D eigenvalue weighted by Gasteiger charge is -2.27. The van der Waals surface area contributed by atoms with E-state index in [0.29, 0.717) is 18.9 Å². The molecule has 1 aromatic heterocycles. The summed E-state index contributed by atoms with van der Waals surface area (Å²) in [6.45, 7) is 3.38. The van der Waals surface area contributed by atoms with Crippen molar-refractivity contribution in [2.24, 2.45) is 11.7 Å². The number of rotatable bonds is 5. The zero-order chi connectivity index (χ0) is 13.7. The van der Waals surface area contributed by atoms with E-state index in [1.807, 2.05) is 17.7 Å². The quantitative estimate of drug-likeness (QED) is 0.839. The van der Waals surface area contributed by atoms with Crippen LogP contribution in [0.15, 0.2) is 12.4 Å². The van der Waals surface area contributed by atoms with E-state index in [4.69, 9.17) is 5.73 Å². The van der Waals surface area contributed by atoms with Gasteiger partial charge in [-0.15, -0.1) is 0 Å². The van der Waals surface area contributed by atoms with Crippen LogP contribution >= 0.6 is 0 Å². The molecule has 1 fully saturated rings. The molecule has 1 heterocycles. The summed E-state index contributed by atoms with van der Waals surface area (Å²) in [6.07, 6.45) is 8.85. The van der Waals surface area contributed by atoms with Gasteiger partial charge in [0, 0.05) is 37.9 Å². The molecule has 0 radical (unpaired) electrons. The Balaban J connectivity index is 1.68. The van der Waals surface area contributed by atoms with Gasteiger partial charge in [-0.1, -0.05) is 12.8 Å². The van der Waals surface area contributed by atoms with Gasteiger partial charge in [-0.05, 0) is 25.7 Å². The van der Waals surface area contributed by atoms with Crippen molar-refractivity contribution in [1.29, 1.82) is 0 Å². The molecule has 1 aliphatic carbocycles. The van der Waals surface area contributed by atoms with Crippen molar-refractivity contribution in [3.63, 3.8) is 0 Å². The highest BCUT2D eigenvalue weighted by Crippen LogP contribution is 2.25. The van der Waals surface area contributed by atoms with Gasteiger partial charge in [0.1, 0.15) is 5.82 Å². The third kappa shape index (κ3) is 4.06. The number of imidazole rings is 1. The Kier molecular flexibility index (Phi) is 4.96. The number of aromatic nitrogens is 2. The lowest BCUT2D eigenvalue weighted by molar-refractivity contribution is -0.122. The van der Waals surface area contributed by atoms with Gasteiger partial charge in [-0.25, -0.2) is 4.98 Å². The Morgan fingerprint density at radius 2 is 2.32 bits per heavy atom. The molecule has 2 atom stereocenters. The molecule has 0 aromatic carbocycles. The van der Waals surface area contributed by atoms with Gasteiger partial charge in [0.25, 0.3) is 0 Å². The number of carbonyl (C=O) groups is 1. The second-order valence-electron chi connectivity index (χ2n) is 5.43. The topological polar surface area (TPSA) is 72.9 Å². The average Bonchev–Trinajstić information content (AvgIpc) is 2.78. The summed E-state index contributed by atoms with van der Waals surface area (Å²) in [6, 6.07) is 0.204. The fourth-order valence-corrected chi connectivity index (χ4v) is 2.76. The van der Waals surface area contributed by atoms with E-state index in [9.17, 15) is 4.79 Å². The molecule has 2 rings (SSSR count). The van der Waals surface area contributed by atoms with Gasteiger partial charge in [0.05, 0.1) is 0 Å². The molecule has 0 aliphatic heterocycles. The number of hydrogen-bond acceptors (Lipinski definition) is 3. The standard InChI is InChI=1S/C14H24N4O/c1-11-16-6-8-18(11)9-7-17-14(19)10-12-4-2-3-5-13(12)15/h6,8,12-13H,2-5,7,9-10,15H2,1H3,(H,17,19). The molecular formula is C14H24N4O. The molecule has 0 bridgehead atoms. The Hall–Kier alpha value is -1.36. The molecule has 5 nitrogen and oxygen atoms in total. The van der Waals surface area contributed by atoms with Crippen molar-refractivity contribution in [1.82, 2.24) is 14.9 Å². The molecule has 106 valence electrons. The number of aryl methyl sites for hydroxylation is 1. The first-order valence-corrected chi connectivity index (χ1v) is 7.17. The SMILES string of the molecule is Cc1nccn1CCNC(=O)CC1CCCCC1N. The van der Waals surface area contributed by atoms with Crippen LogP contribution in [-0.2, 0) is 11.3 Å². The minimum atomic E-state index is 0.125. The van der Waals surface area contributed by atoms with E-state index in [2.05, 4.69) is 10.3 Å². The fraction of sp³-hybridized carbons (Fsp3) is 0.714. The summed E-state index contributed by atoms with van der Waals surface area (Å²) in [7, 11) is 0. The monoisotopic (exact) mass is 264 g/mol. The summed E-state index contributed by atoms with van der Waals surface area (Å²) in [4.78, 5) is 16.0. The van der Waals surface area contributed by atoms with Crippen LogP contribution in [-0.4, -0.2) is 28.0 Å². The molecule has 0 spiro atoms. The van der Waals surface area contributed by atoms with E-state index < -0.39 is 0 Å². The third-order valence-corrected chi connectivity index (χ3v) is 4.01. The maximum Gasteiger partial charge on any atom is 0.220 e.